The summed E-state index contributed by atoms with van der Waals surface area (Å²) in [5.74, 6) is 0. The number of unbranched alkanes of at least 4 members (excludes halogenated alkanes) is 4. The zero-order valence-corrected chi connectivity index (χ0v) is 15.3. The summed E-state index contributed by atoms with van der Waals surface area (Å²) < 4.78 is 0. The van der Waals surface area contributed by atoms with Gasteiger partial charge in [-0.25, -0.2) is 0 Å². The van der Waals surface area contributed by atoms with Crippen molar-refractivity contribution in [3.05, 3.63) is 53.6 Å². The highest BCUT2D eigenvalue weighted by Gasteiger charge is 2.41. The van der Waals surface area contributed by atoms with Crippen LogP contribution in [0.15, 0.2) is 42.5 Å². The lowest BCUT2D eigenvalue weighted by Crippen LogP contribution is -2.25. The third-order valence-corrected chi connectivity index (χ3v) is 5.71. The maximum absolute atomic E-state index is 6.19. The van der Waals surface area contributed by atoms with Crippen LogP contribution in [-0.2, 0) is 5.41 Å². The Kier molecular flexibility index (Phi) is 5.28. The van der Waals surface area contributed by atoms with Gasteiger partial charge < -0.3 is 5.73 Å². The van der Waals surface area contributed by atoms with E-state index < -0.39 is 0 Å². The molecule has 1 aliphatic carbocycles. The van der Waals surface area contributed by atoms with Gasteiger partial charge in [-0.15, -0.1) is 0 Å². The van der Waals surface area contributed by atoms with Gasteiger partial charge in [0.25, 0.3) is 0 Å². The molecule has 0 amide bonds. The minimum atomic E-state index is 0.172. The SMILES string of the molecule is CCCCCCC1(CCCC)c2ccccc2-c2ccc(N)cc21. The molecule has 0 spiro atoms. The molecule has 3 rings (SSSR count). The van der Waals surface area contributed by atoms with Gasteiger partial charge in [-0.05, 0) is 47.2 Å². The first kappa shape index (κ1) is 17.1. The molecule has 2 aromatic carbocycles. The number of anilines is 1. The van der Waals surface area contributed by atoms with Gasteiger partial charge in [0.15, 0.2) is 0 Å². The molecule has 0 aliphatic heterocycles. The third-order valence-electron chi connectivity index (χ3n) is 5.71. The van der Waals surface area contributed by atoms with E-state index in [1.165, 1.54) is 73.6 Å². The lowest BCUT2D eigenvalue weighted by molar-refractivity contribution is 0.407. The van der Waals surface area contributed by atoms with Crippen LogP contribution >= 0.6 is 0 Å². The summed E-state index contributed by atoms with van der Waals surface area (Å²) in [6.45, 7) is 4.58. The fraction of sp³-hybridized carbons (Fsp3) is 0.478. The second kappa shape index (κ2) is 7.42. The largest absolute Gasteiger partial charge is 0.399 e. The van der Waals surface area contributed by atoms with Crippen molar-refractivity contribution in [2.75, 3.05) is 5.73 Å². The zero-order valence-electron chi connectivity index (χ0n) is 15.3. The van der Waals surface area contributed by atoms with Crippen molar-refractivity contribution < 1.29 is 0 Å². The molecule has 128 valence electrons. The molecular weight excluding hydrogens is 290 g/mol. The Labute approximate surface area is 147 Å². The van der Waals surface area contributed by atoms with Gasteiger partial charge in [-0.1, -0.05) is 82.7 Å². The number of fused-ring (bicyclic) bond motifs is 3. The van der Waals surface area contributed by atoms with Crippen LogP contribution in [0.2, 0.25) is 0 Å². The topological polar surface area (TPSA) is 26.0 Å². The molecule has 0 saturated carbocycles. The van der Waals surface area contributed by atoms with Crippen molar-refractivity contribution in [3.63, 3.8) is 0 Å². The Hall–Kier alpha value is -1.76. The maximum Gasteiger partial charge on any atom is 0.0317 e. The first-order valence-corrected chi connectivity index (χ1v) is 9.73. The summed E-state index contributed by atoms with van der Waals surface area (Å²) in [6.07, 6.45) is 10.3. The fourth-order valence-corrected chi connectivity index (χ4v) is 4.47. The highest BCUT2D eigenvalue weighted by atomic mass is 14.6. The Morgan fingerprint density at radius 2 is 1.46 bits per heavy atom. The number of benzene rings is 2. The lowest BCUT2D eigenvalue weighted by atomic mass is 9.70. The van der Waals surface area contributed by atoms with E-state index in [4.69, 9.17) is 5.73 Å². The molecule has 0 saturated heterocycles. The molecule has 0 fully saturated rings. The van der Waals surface area contributed by atoms with Gasteiger partial charge in [-0.2, -0.15) is 0 Å². The van der Waals surface area contributed by atoms with Gasteiger partial charge in [0.2, 0.25) is 0 Å². The second-order valence-electron chi connectivity index (χ2n) is 7.35. The third kappa shape index (κ3) is 2.97. The molecule has 0 aromatic heterocycles. The van der Waals surface area contributed by atoms with Crippen LogP contribution in [0, 0.1) is 0 Å². The zero-order chi connectivity index (χ0) is 17.0. The van der Waals surface area contributed by atoms with Crippen LogP contribution in [0.5, 0.6) is 0 Å². The van der Waals surface area contributed by atoms with Crippen molar-refractivity contribution in [1.82, 2.24) is 0 Å². The molecule has 2 aromatic rings. The summed E-state index contributed by atoms with van der Waals surface area (Å²) in [5, 5.41) is 0. The molecule has 1 atom stereocenters. The smallest absolute Gasteiger partial charge is 0.0317 e. The van der Waals surface area contributed by atoms with Crippen molar-refractivity contribution in [1.29, 1.82) is 0 Å². The van der Waals surface area contributed by atoms with Crippen molar-refractivity contribution in [2.24, 2.45) is 0 Å². The normalized spacial score (nSPS) is 18.4. The van der Waals surface area contributed by atoms with Crippen LogP contribution in [0.25, 0.3) is 11.1 Å². The molecule has 0 bridgehead atoms. The van der Waals surface area contributed by atoms with Crippen LogP contribution < -0.4 is 5.73 Å². The Morgan fingerprint density at radius 3 is 2.25 bits per heavy atom. The Bertz CT molecular complexity index is 688. The van der Waals surface area contributed by atoms with E-state index in [9.17, 15) is 0 Å². The molecule has 1 heteroatoms. The van der Waals surface area contributed by atoms with Crippen LogP contribution in [0.3, 0.4) is 0 Å². The van der Waals surface area contributed by atoms with Crippen LogP contribution in [-0.4, -0.2) is 0 Å². The first-order chi connectivity index (χ1) is 11.7. The number of nitrogen functional groups attached to an aromatic ring is 1. The standard InChI is InChI=1S/C23H31N/c1-3-5-7-10-16-23(15-6-4-2)21-12-9-8-11-19(21)20-14-13-18(24)17-22(20)23/h8-9,11-14,17H,3-7,10,15-16,24H2,1-2H3. The fourth-order valence-electron chi connectivity index (χ4n) is 4.47. The molecule has 0 radical (unpaired) electrons. The summed E-state index contributed by atoms with van der Waals surface area (Å²) in [6, 6.07) is 15.6. The van der Waals surface area contributed by atoms with E-state index in [-0.39, 0.29) is 5.41 Å². The Morgan fingerprint density at radius 1 is 0.750 bits per heavy atom. The van der Waals surface area contributed by atoms with E-state index in [1.807, 2.05) is 0 Å². The summed E-state index contributed by atoms with van der Waals surface area (Å²) in [4.78, 5) is 0. The van der Waals surface area contributed by atoms with Crippen molar-refractivity contribution >= 4 is 5.69 Å². The molecule has 1 unspecified atom stereocenters. The summed E-state index contributed by atoms with van der Waals surface area (Å²) >= 11 is 0. The van der Waals surface area contributed by atoms with Gasteiger partial charge in [-0.3, -0.25) is 0 Å². The quantitative estimate of drug-likeness (QED) is 0.425. The maximum atomic E-state index is 6.19. The molecule has 1 aliphatic rings. The van der Waals surface area contributed by atoms with Gasteiger partial charge >= 0.3 is 0 Å². The number of rotatable bonds is 8. The van der Waals surface area contributed by atoms with E-state index >= 15 is 0 Å². The highest BCUT2D eigenvalue weighted by molar-refractivity contribution is 5.82. The number of hydrogen-bond donors (Lipinski definition) is 1. The Balaban J connectivity index is 2.06. The van der Waals surface area contributed by atoms with Crippen LogP contribution in [0.1, 0.15) is 76.3 Å². The number of nitrogens with two attached hydrogens (primary N) is 1. The second-order valence-corrected chi connectivity index (χ2v) is 7.35. The van der Waals surface area contributed by atoms with Gasteiger partial charge in [0.1, 0.15) is 0 Å². The van der Waals surface area contributed by atoms with Crippen molar-refractivity contribution in [3.8, 4) is 11.1 Å². The van der Waals surface area contributed by atoms with Crippen molar-refractivity contribution in [2.45, 2.75) is 70.6 Å². The average molecular weight is 322 g/mol. The predicted molar refractivity (Wildman–Crippen MR) is 105 cm³/mol. The molecule has 2 N–H and O–H groups in total. The van der Waals surface area contributed by atoms with Crippen LogP contribution in [0.4, 0.5) is 5.69 Å². The summed E-state index contributed by atoms with van der Waals surface area (Å²) in [7, 11) is 0. The lowest BCUT2D eigenvalue weighted by Gasteiger charge is -2.33. The predicted octanol–water partition coefficient (Wildman–Crippen LogP) is 6.70. The molecule has 0 heterocycles. The minimum Gasteiger partial charge on any atom is -0.399 e. The minimum absolute atomic E-state index is 0.172. The van der Waals surface area contributed by atoms with Gasteiger partial charge in [0, 0.05) is 11.1 Å². The molecule has 24 heavy (non-hydrogen) atoms. The number of hydrogen-bond acceptors (Lipinski definition) is 1. The monoisotopic (exact) mass is 321 g/mol. The van der Waals surface area contributed by atoms with Gasteiger partial charge in [0.05, 0.1) is 0 Å². The molecular formula is C23H31N. The van der Waals surface area contributed by atoms with E-state index in [0.29, 0.717) is 0 Å². The first-order valence-electron chi connectivity index (χ1n) is 9.73. The molecule has 1 nitrogen and oxygen atoms in total. The summed E-state index contributed by atoms with van der Waals surface area (Å²) in [5.41, 5.74) is 13.1. The average Bonchev–Trinajstić information content (AvgIpc) is 2.87. The van der Waals surface area contributed by atoms with E-state index in [0.717, 1.165) is 5.69 Å². The van der Waals surface area contributed by atoms with E-state index in [2.05, 4.69) is 56.3 Å². The van der Waals surface area contributed by atoms with E-state index in [1.54, 1.807) is 0 Å². The highest BCUT2D eigenvalue weighted by Crippen LogP contribution is 2.54.